The lowest BCUT2D eigenvalue weighted by molar-refractivity contribution is 0.601. The van der Waals surface area contributed by atoms with Crippen LogP contribution >= 0.6 is 11.6 Å². The van der Waals surface area contributed by atoms with Crippen LogP contribution in [0.1, 0.15) is 11.4 Å². The van der Waals surface area contributed by atoms with Gasteiger partial charge in [-0.05, 0) is 44.2 Å². The minimum Gasteiger partial charge on any atom is -0.399 e. The highest BCUT2D eigenvalue weighted by Crippen LogP contribution is 2.26. The number of nitrogen functional groups attached to an aromatic ring is 1. The molecule has 0 unspecified atom stereocenters. The Balaban J connectivity index is 2.41. The van der Waals surface area contributed by atoms with Gasteiger partial charge in [0.15, 0.2) is 0 Å². The fraction of sp³-hybridized carbons (Fsp3) is 0.154. The van der Waals surface area contributed by atoms with E-state index < -0.39 is 10.0 Å². The Morgan fingerprint density at radius 3 is 2.50 bits per heavy atom. The summed E-state index contributed by atoms with van der Waals surface area (Å²) in [7, 11) is -3.77. The number of pyridine rings is 1. The minimum absolute atomic E-state index is 0.0201. The van der Waals surface area contributed by atoms with Crippen LogP contribution in [0, 0.1) is 13.8 Å². The molecule has 2 aromatic rings. The first-order valence-electron chi connectivity index (χ1n) is 5.82. The highest BCUT2D eigenvalue weighted by atomic mass is 35.5. The fourth-order valence-corrected chi connectivity index (χ4v) is 3.40. The molecule has 106 valence electrons. The summed E-state index contributed by atoms with van der Waals surface area (Å²) >= 11 is 5.93. The molecule has 20 heavy (non-hydrogen) atoms. The maximum absolute atomic E-state index is 12.3. The van der Waals surface area contributed by atoms with Gasteiger partial charge in [-0.1, -0.05) is 11.6 Å². The van der Waals surface area contributed by atoms with Crippen LogP contribution in [0.15, 0.2) is 35.2 Å². The van der Waals surface area contributed by atoms with E-state index in [0.29, 0.717) is 17.1 Å². The van der Waals surface area contributed by atoms with Crippen molar-refractivity contribution < 1.29 is 8.42 Å². The smallest absolute Gasteiger partial charge is 0.263 e. The lowest BCUT2D eigenvalue weighted by Gasteiger charge is -2.11. The molecule has 0 fully saturated rings. The zero-order valence-electron chi connectivity index (χ0n) is 11.0. The summed E-state index contributed by atoms with van der Waals surface area (Å²) in [5.41, 5.74) is 7.79. The Morgan fingerprint density at radius 2 is 1.90 bits per heavy atom. The molecule has 7 heteroatoms. The summed E-state index contributed by atoms with van der Waals surface area (Å²) in [6, 6.07) is 7.66. The third kappa shape index (κ3) is 3.02. The van der Waals surface area contributed by atoms with Gasteiger partial charge < -0.3 is 5.73 Å². The van der Waals surface area contributed by atoms with Crippen molar-refractivity contribution in [3.63, 3.8) is 0 Å². The summed E-state index contributed by atoms with van der Waals surface area (Å²) in [6.07, 6.45) is 0. The number of benzene rings is 1. The van der Waals surface area contributed by atoms with E-state index in [4.69, 9.17) is 17.3 Å². The second-order valence-corrected chi connectivity index (χ2v) is 6.44. The third-order valence-corrected chi connectivity index (χ3v) is 4.56. The predicted octanol–water partition coefficient (Wildman–Crippen LogP) is 2.73. The SMILES string of the molecule is Cc1ccc(NS(=O)(=O)c2ccc(N)cc2Cl)c(C)n1. The Morgan fingerprint density at radius 1 is 1.20 bits per heavy atom. The number of anilines is 2. The van der Waals surface area contributed by atoms with Crippen LogP contribution in [-0.4, -0.2) is 13.4 Å². The van der Waals surface area contributed by atoms with E-state index in [2.05, 4.69) is 9.71 Å². The number of halogens is 1. The molecule has 0 amide bonds. The molecule has 0 aliphatic heterocycles. The van der Waals surface area contributed by atoms with Crippen molar-refractivity contribution in [3.05, 3.63) is 46.7 Å². The number of aromatic nitrogens is 1. The standard InChI is InChI=1S/C13H14ClN3O2S/c1-8-3-5-12(9(2)16-8)17-20(18,19)13-6-4-10(15)7-11(13)14/h3-7,17H,15H2,1-2H3. The van der Waals surface area contributed by atoms with Crippen LogP contribution in [0.3, 0.4) is 0 Å². The molecular weight excluding hydrogens is 298 g/mol. The van der Waals surface area contributed by atoms with E-state index in [-0.39, 0.29) is 9.92 Å². The van der Waals surface area contributed by atoms with Crippen LogP contribution in [0.25, 0.3) is 0 Å². The first-order valence-corrected chi connectivity index (χ1v) is 7.68. The minimum atomic E-state index is -3.77. The van der Waals surface area contributed by atoms with Crippen molar-refractivity contribution in [2.45, 2.75) is 18.7 Å². The summed E-state index contributed by atoms with van der Waals surface area (Å²) < 4.78 is 27.1. The van der Waals surface area contributed by atoms with Gasteiger partial charge >= 0.3 is 0 Å². The second-order valence-electron chi connectivity index (χ2n) is 4.38. The second kappa shape index (κ2) is 5.30. The molecule has 0 saturated heterocycles. The molecule has 1 aromatic carbocycles. The van der Waals surface area contributed by atoms with Crippen LogP contribution in [0.2, 0.25) is 5.02 Å². The van der Waals surface area contributed by atoms with E-state index in [1.54, 1.807) is 19.1 Å². The largest absolute Gasteiger partial charge is 0.399 e. The van der Waals surface area contributed by atoms with Gasteiger partial charge in [-0.15, -0.1) is 0 Å². The molecule has 0 atom stereocenters. The number of rotatable bonds is 3. The van der Waals surface area contributed by atoms with Gasteiger partial charge in [0, 0.05) is 11.4 Å². The molecule has 1 aromatic heterocycles. The van der Waals surface area contributed by atoms with Gasteiger partial charge in [-0.3, -0.25) is 9.71 Å². The van der Waals surface area contributed by atoms with Gasteiger partial charge in [0.2, 0.25) is 0 Å². The number of hydrogen-bond acceptors (Lipinski definition) is 4. The average Bonchev–Trinajstić information content (AvgIpc) is 2.32. The topological polar surface area (TPSA) is 85.1 Å². The lowest BCUT2D eigenvalue weighted by atomic mass is 10.3. The molecule has 2 rings (SSSR count). The molecule has 3 N–H and O–H groups in total. The summed E-state index contributed by atoms with van der Waals surface area (Å²) in [4.78, 5) is 4.19. The predicted molar refractivity (Wildman–Crippen MR) is 80.4 cm³/mol. The Hall–Kier alpha value is -1.79. The Labute approximate surface area is 122 Å². The van der Waals surface area contributed by atoms with Gasteiger partial charge in [0.1, 0.15) is 4.90 Å². The van der Waals surface area contributed by atoms with E-state index in [1.165, 1.54) is 18.2 Å². The molecule has 0 aliphatic rings. The van der Waals surface area contributed by atoms with Gasteiger partial charge in [-0.2, -0.15) is 0 Å². The van der Waals surface area contributed by atoms with Crippen molar-refractivity contribution in [2.75, 3.05) is 10.5 Å². The van der Waals surface area contributed by atoms with Gasteiger partial charge in [-0.25, -0.2) is 8.42 Å². The van der Waals surface area contributed by atoms with E-state index in [0.717, 1.165) is 5.69 Å². The summed E-state index contributed by atoms with van der Waals surface area (Å²) in [5, 5.41) is 0.0789. The number of nitrogens with one attached hydrogen (secondary N) is 1. The first kappa shape index (κ1) is 14.6. The fourth-order valence-electron chi connectivity index (χ4n) is 1.73. The number of aryl methyl sites for hydroxylation is 2. The number of nitrogens with two attached hydrogens (primary N) is 1. The normalized spacial score (nSPS) is 11.3. The monoisotopic (exact) mass is 311 g/mol. The van der Waals surface area contributed by atoms with Crippen molar-refractivity contribution in [2.24, 2.45) is 0 Å². The Kier molecular flexibility index (Phi) is 3.87. The maximum atomic E-state index is 12.3. The third-order valence-electron chi connectivity index (χ3n) is 2.71. The summed E-state index contributed by atoms with van der Waals surface area (Å²) in [6.45, 7) is 3.57. The number of nitrogens with zero attached hydrogens (tertiary/aromatic N) is 1. The molecule has 0 radical (unpaired) electrons. The molecule has 0 bridgehead atoms. The molecule has 1 heterocycles. The van der Waals surface area contributed by atoms with Crippen molar-refractivity contribution in [3.8, 4) is 0 Å². The summed E-state index contributed by atoms with van der Waals surface area (Å²) in [5.74, 6) is 0. The zero-order valence-corrected chi connectivity index (χ0v) is 12.6. The van der Waals surface area contributed by atoms with Crippen LogP contribution in [-0.2, 0) is 10.0 Å². The van der Waals surface area contributed by atoms with Crippen LogP contribution in [0.4, 0.5) is 11.4 Å². The van der Waals surface area contributed by atoms with Gasteiger partial charge in [0.05, 0.1) is 16.4 Å². The van der Waals surface area contributed by atoms with Crippen molar-refractivity contribution >= 4 is 33.0 Å². The average molecular weight is 312 g/mol. The zero-order chi connectivity index (χ0) is 14.9. The highest BCUT2D eigenvalue weighted by molar-refractivity contribution is 7.92. The molecule has 0 saturated carbocycles. The van der Waals surface area contributed by atoms with E-state index in [9.17, 15) is 8.42 Å². The maximum Gasteiger partial charge on any atom is 0.263 e. The molecule has 0 spiro atoms. The van der Waals surface area contributed by atoms with Gasteiger partial charge in [0.25, 0.3) is 10.0 Å². The molecule has 5 nitrogen and oxygen atoms in total. The molecular formula is C13H14ClN3O2S. The van der Waals surface area contributed by atoms with E-state index in [1.807, 2.05) is 6.92 Å². The quantitative estimate of drug-likeness (QED) is 0.853. The van der Waals surface area contributed by atoms with Crippen molar-refractivity contribution in [1.29, 1.82) is 0 Å². The van der Waals surface area contributed by atoms with Crippen molar-refractivity contribution in [1.82, 2.24) is 4.98 Å². The number of hydrogen-bond donors (Lipinski definition) is 2. The Bertz CT molecular complexity index is 760. The lowest BCUT2D eigenvalue weighted by Crippen LogP contribution is -2.15. The first-order chi connectivity index (χ1) is 9.29. The molecule has 0 aliphatic carbocycles. The van der Waals surface area contributed by atoms with E-state index >= 15 is 0 Å². The van der Waals surface area contributed by atoms with Crippen LogP contribution in [0.5, 0.6) is 0 Å². The van der Waals surface area contributed by atoms with Crippen LogP contribution < -0.4 is 10.5 Å². The highest BCUT2D eigenvalue weighted by Gasteiger charge is 2.19. The number of sulfonamides is 1.